The van der Waals surface area contributed by atoms with Gasteiger partial charge in [-0.05, 0) is 19.8 Å². The number of carboxylic acid groups (broad SMARTS) is 1. The number of carboxylic acids is 1. The summed E-state index contributed by atoms with van der Waals surface area (Å²) in [7, 11) is 1.74. The lowest BCUT2D eigenvalue weighted by Gasteiger charge is -2.00. The first-order valence-corrected chi connectivity index (χ1v) is 4.83. The highest BCUT2D eigenvalue weighted by atomic mass is 16.4. The molecule has 0 atom stereocenters. The first kappa shape index (κ1) is 10.8. The lowest BCUT2D eigenvalue weighted by Crippen LogP contribution is -2.08. The summed E-state index contributed by atoms with van der Waals surface area (Å²) >= 11 is 0. The molecule has 0 fully saturated rings. The number of aryl methyl sites for hydroxylation is 2. The van der Waals surface area contributed by atoms with E-state index in [-0.39, 0.29) is 0 Å². The molecule has 0 unspecified atom stereocenters. The fourth-order valence-corrected chi connectivity index (χ4v) is 1.46. The SMILES string of the molecule is CCCCc1nc(C)n(C)c1C(=O)O. The van der Waals surface area contributed by atoms with Gasteiger partial charge in [0, 0.05) is 7.05 Å². The van der Waals surface area contributed by atoms with E-state index in [1.807, 2.05) is 6.92 Å². The van der Waals surface area contributed by atoms with Gasteiger partial charge in [-0.3, -0.25) is 0 Å². The van der Waals surface area contributed by atoms with Crippen LogP contribution in [0.3, 0.4) is 0 Å². The molecule has 78 valence electrons. The van der Waals surface area contributed by atoms with Crippen LogP contribution in [0.1, 0.15) is 41.8 Å². The maximum atomic E-state index is 11.0. The average molecular weight is 196 g/mol. The third kappa shape index (κ3) is 1.95. The summed E-state index contributed by atoms with van der Waals surface area (Å²) in [6.07, 6.45) is 2.78. The molecule has 1 aromatic heterocycles. The highest BCUT2D eigenvalue weighted by molar-refractivity contribution is 5.87. The molecule has 0 aromatic carbocycles. The van der Waals surface area contributed by atoms with Crippen LogP contribution in [0.25, 0.3) is 0 Å². The van der Waals surface area contributed by atoms with E-state index in [9.17, 15) is 4.79 Å². The maximum absolute atomic E-state index is 11.0. The first-order chi connectivity index (χ1) is 6.57. The molecule has 0 aliphatic carbocycles. The van der Waals surface area contributed by atoms with Crippen LogP contribution in [-0.4, -0.2) is 20.6 Å². The van der Waals surface area contributed by atoms with E-state index in [1.54, 1.807) is 11.6 Å². The summed E-state index contributed by atoms with van der Waals surface area (Å²) in [5.74, 6) is -0.132. The Balaban J connectivity index is 3.03. The van der Waals surface area contributed by atoms with Crippen molar-refractivity contribution >= 4 is 5.97 Å². The van der Waals surface area contributed by atoms with Crippen molar-refractivity contribution in [2.45, 2.75) is 33.1 Å². The molecule has 0 spiro atoms. The van der Waals surface area contributed by atoms with E-state index in [1.165, 1.54) is 0 Å². The number of hydrogen-bond donors (Lipinski definition) is 1. The summed E-state index contributed by atoms with van der Waals surface area (Å²) in [5, 5.41) is 9.00. The van der Waals surface area contributed by atoms with Crippen LogP contribution in [0.5, 0.6) is 0 Å². The van der Waals surface area contributed by atoms with Crippen molar-refractivity contribution in [2.75, 3.05) is 0 Å². The zero-order valence-electron chi connectivity index (χ0n) is 8.87. The van der Waals surface area contributed by atoms with Crippen LogP contribution < -0.4 is 0 Å². The smallest absolute Gasteiger partial charge is 0.354 e. The van der Waals surface area contributed by atoms with Crippen molar-refractivity contribution < 1.29 is 9.90 Å². The topological polar surface area (TPSA) is 55.1 Å². The van der Waals surface area contributed by atoms with Crippen LogP contribution in [0.4, 0.5) is 0 Å². The zero-order valence-corrected chi connectivity index (χ0v) is 8.87. The number of aromatic carboxylic acids is 1. The van der Waals surface area contributed by atoms with E-state index >= 15 is 0 Å². The fourth-order valence-electron chi connectivity index (χ4n) is 1.46. The van der Waals surface area contributed by atoms with Crippen LogP contribution >= 0.6 is 0 Å². The number of unbranched alkanes of at least 4 members (excludes halogenated alkanes) is 1. The minimum atomic E-state index is -0.890. The summed E-state index contributed by atoms with van der Waals surface area (Å²) in [4.78, 5) is 15.2. The van der Waals surface area contributed by atoms with Crippen LogP contribution in [0.2, 0.25) is 0 Å². The van der Waals surface area contributed by atoms with Crippen molar-refractivity contribution in [3.63, 3.8) is 0 Å². The molecule has 0 saturated heterocycles. The van der Waals surface area contributed by atoms with Crippen LogP contribution in [0.15, 0.2) is 0 Å². The number of aromatic nitrogens is 2. The molecule has 1 heterocycles. The second kappa shape index (κ2) is 4.26. The maximum Gasteiger partial charge on any atom is 0.354 e. The molecule has 4 nitrogen and oxygen atoms in total. The molecule has 0 saturated carbocycles. The van der Waals surface area contributed by atoms with Crippen LogP contribution in [-0.2, 0) is 13.5 Å². The van der Waals surface area contributed by atoms with E-state index in [0.29, 0.717) is 11.4 Å². The van der Waals surface area contributed by atoms with E-state index in [0.717, 1.165) is 25.1 Å². The molecule has 1 rings (SSSR count). The molecule has 0 radical (unpaired) electrons. The lowest BCUT2D eigenvalue weighted by molar-refractivity contribution is 0.0685. The van der Waals surface area contributed by atoms with Gasteiger partial charge >= 0.3 is 5.97 Å². The summed E-state index contributed by atoms with van der Waals surface area (Å²) in [6.45, 7) is 3.90. The Morgan fingerprint density at radius 2 is 2.21 bits per heavy atom. The zero-order chi connectivity index (χ0) is 10.7. The third-order valence-electron chi connectivity index (χ3n) is 2.36. The monoisotopic (exact) mass is 196 g/mol. The van der Waals surface area contributed by atoms with Gasteiger partial charge in [0.15, 0.2) is 0 Å². The van der Waals surface area contributed by atoms with Gasteiger partial charge < -0.3 is 9.67 Å². The van der Waals surface area contributed by atoms with Crippen LogP contribution in [0, 0.1) is 6.92 Å². The minimum absolute atomic E-state index is 0.330. The van der Waals surface area contributed by atoms with Gasteiger partial charge in [-0.1, -0.05) is 13.3 Å². The third-order valence-corrected chi connectivity index (χ3v) is 2.36. The normalized spacial score (nSPS) is 10.5. The fraction of sp³-hybridized carbons (Fsp3) is 0.600. The van der Waals surface area contributed by atoms with Gasteiger partial charge in [-0.15, -0.1) is 0 Å². The quantitative estimate of drug-likeness (QED) is 0.798. The highest BCUT2D eigenvalue weighted by Crippen LogP contribution is 2.12. The predicted octanol–water partition coefficient (Wildman–Crippen LogP) is 1.77. The van der Waals surface area contributed by atoms with Gasteiger partial charge in [0.1, 0.15) is 11.5 Å². The van der Waals surface area contributed by atoms with Crippen molar-refractivity contribution in [1.82, 2.24) is 9.55 Å². The molecule has 14 heavy (non-hydrogen) atoms. The van der Waals surface area contributed by atoms with E-state index < -0.39 is 5.97 Å². The van der Waals surface area contributed by atoms with Crippen molar-refractivity contribution in [3.05, 3.63) is 17.2 Å². The van der Waals surface area contributed by atoms with E-state index in [4.69, 9.17) is 5.11 Å². The molecule has 0 bridgehead atoms. The van der Waals surface area contributed by atoms with Gasteiger partial charge in [0.2, 0.25) is 0 Å². The van der Waals surface area contributed by atoms with Crippen molar-refractivity contribution in [2.24, 2.45) is 7.05 Å². The molecule has 0 amide bonds. The Morgan fingerprint density at radius 1 is 1.57 bits per heavy atom. The number of hydrogen-bond acceptors (Lipinski definition) is 2. The Kier molecular flexibility index (Phi) is 3.28. The van der Waals surface area contributed by atoms with Crippen molar-refractivity contribution in [1.29, 1.82) is 0 Å². The Labute approximate surface area is 83.6 Å². The molecule has 1 N–H and O–H groups in total. The van der Waals surface area contributed by atoms with Gasteiger partial charge in [-0.25, -0.2) is 9.78 Å². The first-order valence-electron chi connectivity index (χ1n) is 4.83. The molecule has 0 aliphatic heterocycles. The summed E-state index contributed by atoms with van der Waals surface area (Å²) in [5.41, 5.74) is 1.04. The standard InChI is InChI=1S/C10H16N2O2/c1-4-5-6-8-9(10(13)14)12(3)7(2)11-8/h4-6H2,1-3H3,(H,13,14). The lowest BCUT2D eigenvalue weighted by atomic mass is 10.2. The van der Waals surface area contributed by atoms with Gasteiger partial charge in [0.25, 0.3) is 0 Å². The largest absolute Gasteiger partial charge is 0.477 e. The molecular weight excluding hydrogens is 180 g/mol. The highest BCUT2D eigenvalue weighted by Gasteiger charge is 2.17. The number of imidazole rings is 1. The van der Waals surface area contributed by atoms with Gasteiger partial charge in [0.05, 0.1) is 5.69 Å². The Hall–Kier alpha value is -1.32. The van der Waals surface area contributed by atoms with E-state index in [2.05, 4.69) is 11.9 Å². The molecule has 0 aliphatic rings. The summed E-state index contributed by atoms with van der Waals surface area (Å²) in [6, 6.07) is 0. The Bertz CT molecular complexity index is 342. The number of nitrogens with zero attached hydrogens (tertiary/aromatic N) is 2. The Morgan fingerprint density at radius 3 is 2.71 bits per heavy atom. The number of rotatable bonds is 4. The molecular formula is C10H16N2O2. The second-order valence-corrected chi connectivity index (χ2v) is 3.42. The predicted molar refractivity (Wildman–Crippen MR) is 53.5 cm³/mol. The average Bonchev–Trinajstić information content (AvgIpc) is 2.39. The molecule has 4 heteroatoms. The van der Waals surface area contributed by atoms with Crippen molar-refractivity contribution in [3.8, 4) is 0 Å². The molecule has 1 aromatic rings. The minimum Gasteiger partial charge on any atom is -0.477 e. The second-order valence-electron chi connectivity index (χ2n) is 3.42. The summed E-state index contributed by atoms with van der Waals surface area (Å²) < 4.78 is 1.63. The van der Waals surface area contributed by atoms with Gasteiger partial charge in [-0.2, -0.15) is 0 Å². The number of carbonyl (C=O) groups is 1.